The van der Waals surface area contributed by atoms with Gasteiger partial charge in [-0.15, -0.1) is 0 Å². The summed E-state index contributed by atoms with van der Waals surface area (Å²) in [6.07, 6.45) is 5.96. The number of rotatable bonds is 12. The van der Waals surface area contributed by atoms with E-state index in [-0.39, 0.29) is 11.7 Å². The highest BCUT2D eigenvalue weighted by Crippen LogP contribution is 2.13. The number of hydrogen-bond donors (Lipinski definition) is 2. The molecule has 0 radical (unpaired) electrons. The summed E-state index contributed by atoms with van der Waals surface area (Å²) in [7, 11) is -3.43. The molecule has 0 bridgehead atoms. The minimum Gasteiger partial charge on any atom is -0.355 e. The van der Waals surface area contributed by atoms with Gasteiger partial charge >= 0.3 is 0 Å². The zero-order valence-corrected chi connectivity index (χ0v) is 18.9. The van der Waals surface area contributed by atoms with Gasteiger partial charge in [-0.3, -0.25) is 4.79 Å². The van der Waals surface area contributed by atoms with E-state index in [0.717, 1.165) is 29.8 Å². The zero-order chi connectivity index (χ0) is 21.3. The number of nitrogens with zero attached hydrogens (tertiary/aromatic N) is 2. The summed E-state index contributed by atoms with van der Waals surface area (Å²) in [5.41, 5.74) is 3.11. The van der Waals surface area contributed by atoms with Crippen molar-refractivity contribution in [1.29, 1.82) is 0 Å². The van der Waals surface area contributed by atoms with Gasteiger partial charge in [0.15, 0.2) is 0 Å². The lowest BCUT2D eigenvalue weighted by Gasteiger charge is -2.17. The largest absolute Gasteiger partial charge is 0.355 e. The number of carbonyl (C=O) groups excluding carboxylic acids is 1. The van der Waals surface area contributed by atoms with Crippen molar-refractivity contribution in [2.75, 3.05) is 24.3 Å². The molecule has 160 valence electrons. The molecule has 7 nitrogen and oxygen atoms in total. The average Bonchev–Trinajstić information content (AvgIpc) is 3.09. The number of benzene rings is 1. The summed E-state index contributed by atoms with van der Waals surface area (Å²) >= 11 is 1.58. The fourth-order valence-electron chi connectivity index (χ4n) is 2.85. The number of sulfonamides is 1. The molecule has 0 spiro atoms. The molecule has 0 saturated heterocycles. The van der Waals surface area contributed by atoms with Crippen LogP contribution in [-0.4, -0.2) is 54.5 Å². The van der Waals surface area contributed by atoms with Crippen LogP contribution in [-0.2, 0) is 21.2 Å². The van der Waals surface area contributed by atoms with Crippen LogP contribution in [0.25, 0.3) is 5.69 Å². The SMILES string of the molecule is CCS(=O)(=O)NC(CCSC)C(=O)NCCCc1cn(-c2ccccc2)nc1C. The highest BCUT2D eigenvalue weighted by Gasteiger charge is 2.22. The Labute approximate surface area is 177 Å². The zero-order valence-electron chi connectivity index (χ0n) is 17.2. The van der Waals surface area contributed by atoms with Crippen molar-refractivity contribution in [2.24, 2.45) is 0 Å². The van der Waals surface area contributed by atoms with E-state index in [0.29, 0.717) is 18.7 Å². The fourth-order valence-corrected chi connectivity index (χ4v) is 4.14. The molecule has 0 aliphatic carbocycles. The number of hydrogen-bond acceptors (Lipinski definition) is 5. The Morgan fingerprint density at radius 3 is 2.66 bits per heavy atom. The number of amides is 1. The van der Waals surface area contributed by atoms with Gasteiger partial charge in [-0.1, -0.05) is 18.2 Å². The maximum Gasteiger partial charge on any atom is 0.238 e. The van der Waals surface area contributed by atoms with Crippen LogP contribution in [0.4, 0.5) is 0 Å². The number of aryl methyl sites for hydroxylation is 2. The summed E-state index contributed by atoms with van der Waals surface area (Å²) in [6, 6.07) is 9.19. The monoisotopic (exact) mass is 438 g/mol. The Hall–Kier alpha value is -1.84. The van der Waals surface area contributed by atoms with Gasteiger partial charge in [0, 0.05) is 12.7 Å². The summed E-state index contributed by atoms with van der Waals surface area (Å²) in [4.78, 5) is 12.4. The van der Waals surface area contributed by atoms with Gasteiger partial charge in [0.05, 0.1) is 17.1 Å². The number of nitrogens with one attached hydrogen (secondary N) is 2. The molecule has 1 amide bonds. The Kier molecular flexibility index (Phi) is 9.19. The van der Waals surface area contributed by atoms with Crippen LogP contribution in [0.5, 0.6) is 0 Å². The molecule has 2 N–H and O–H groups in total. The number of para-hydroxylation sites is 1. The first-order valence-corrected chi connectivity index (χ1v) is 12.8. The quantitative estimate of drug-likeness (QED) is 0.496. The normalized spacial score (nSPS) is 12.7. The smallest absolute Gasteiger partial charge is 0.238 e. The van der Waals surface area contributed by atoms with Gasteiger partial charge in [-0.05, 0) is 62.8 Å². The predicted octanol–water partition coefficient (Wildman–Crippen LogP) is 2.29. The van der Waals surface area contributed by atoms with Crippen LogP contribution in [0, 0.1) is 6.92 Å². The second-order valence-corrected chi connectivity index (χ2v) is 9.80. The van der Waals surface area contributed by atoms with Crippen LogP contribution in [0.2, 0.25) is 0 Å². The van der Waals surface area contributed by atoms with E-state index >= 15 is 0 Å². The Bertz CT molecular complexity index is 882. The van der Waals surface area contributed by atoms with Crippen LogP contribution < -0.4 is 10.0 Å². The standard InChI is InChI=1S/C20H30N4O3S2/c1-4-29(26,27)23-19(12-14-28-3)20(25)21-13-8-9-17-15-24(22-16(17)2)18-10-6-5-7-11-18/h5-7,10-11,15,19,23H,4,8-9,12-14H2,1-3H3,(H,21,25). The summed E-state index contributed by atoms with van der Waals surface area (Å²) in [5.74, 6) is 0.399. The van der Waals surface area contributed by atoms with Gasteiger partial charge in [0.2, 0.25) is 15.9 Å². The molecule has 1 atom stereocenters. The third-order valence-electron chi connectivity index (χ3n) is 4.57. The first-order chi connectivity index (χ1) is 13.9. The van der Waals surface area contributed by atoms with E-state index in [9.17, 15) is 13.2 Å². The molecule has 9 heteroatoms. The highest BCUT2D eigenvalue weighted by molar-refractivity contribution is 7.98. The second-order valence-electron chi connectivity index (χ2n) is 6.77. The van der Waals surface area contributed by atoms with Crippen molar-refractivity contribution in [2.45, 2.75) is 39.2 Å². The molecule has 1 unspecified atom stereocenters. The van der Waals surface area contributed by atoms with Crippen LogP contribution in [0.1, 0.15) is 31.0 Å². The lowest BCUT2D eigenvalue weighted by atomic mass is 10.1. The van der Waals surface area contributed by atoms with Crippen molar-refractivity contribution >= 4 is 27.7 Å². The number of carbonyl (C=O) groups is 1. The van der Waals surface area contributed by atoms with Gasteiger partial charge < -0.3 is 5.32 Å². The maximum absolute atomic E-state index is 12.4. The molecule has 0 fully saturated rings. The highest BCUT2D eigenvalue weighted by atomic mass is 32.2. The van der Waals surface area contributed by atoms with Crippen molar-refractivity contribution < 1.29 is 13.2 Å². The Balaban J connectivity index is 1.87. The Morgan fingerprint density at radius 2 is 2.00 bits per heavy atom. The van der Waals surface area contributed by atoms with E-state index < -0.39 is 16.1 Å². The molecule has 0 aliphatic heterocycles. The van der Waals surface area contributed by atoms with E-state index in [2.05, 4.69) is 15.1 Å². The van der Waals surface area contributed by atoms with Gasteiger partial charge in [0.1, 0.15) is 6.04 Å². The van der Waals surface area contributed by atoms with E-state index in [1.807, 2.05) is 54.4 Å². The molecular weight excluding hydrogens is 408 g/mol. The molecule has 0 aliphatic rings. The molecule has 29 heavy (non-hydrogen) atoms. The minimum absolute atomic E-state index is 0.0409. The second kappa shape index (κ2) is 11.4. The lowest BCUT2D eigenvalue weighted by molar-refractivity contribution is -0.122. The van der Waals surface area contributed by atoms with Crippen molar-refractivity contribution in [3.8, 4) is 5.69 Å². The average molecular weight is 439 g/mol. The molecule has 1 aromatic carbocycles. The molecule has 1 heterocycles. The summed E-state index contributed by atoms with van der Waals surface area (Å²) in [5, 5.41) is 7.42. The molecule has 1 aromatic heterocycles. The number of thioether (sulfide) groups is 1. The van der Waals surface area contributed by atoms with Crippen molar-refractivity contribution in [1.82, 2.24) is 19.8 Å². The lowest BCUT2D eigenvalue weighted by Crippen LogP contribution is -2.47. The van der Waals surface area contributed by atoms with E-state index in [1.54, 1.807) is 18.7 Å². The van der Waals surface area contributed by atoms with Crippen LogP contribution in [0.3, 0.4) is 0 Å². The first-order valence-electron chi connectivity index (χ1n) is 9.73. The van der Waals surface area contributed by atoms with Crippen LogP contribution in [0.15, 0.2) is 36.5 Å². The van der Waals surface area contributed by atoms with E-state index in [4.69, 9.17) is 0 Å². The Morgan fingerprint density at radius 1 is 1.28 bits per heavy atom. The van der Waals surface area contributed by atoms with Gasteiger partial charge in [-0.2, -0.15) is 16.9 Å². The molecule has 0 saturated carbocycles. The maximum atomic E-state index is 12.4. The molecule has 2 aromatic rings. The van der Waals surface area contributed by atoms with Crippen molar-refractivity contribution in [3.63, 3.8) is 0 Å². The van der Waals surface area contributed by atoms with Crippen molar-refractivity contribution in [3.05, 3.63) is 47.8 Å². The summed E-state index contributed by atoms with van der Waals surface area (Å²) in [6.45, 7) is 4.02. The van der Waals surface area contributed by atoms with E-state index in [1.165, 1.54) is 0 Å². The van der Waals surface area contributed by atoms with Crippen LogP contribution >= 0.6 is 11.8 Å². The molecular formula is C20H30N4O3S2. The minimum atomic E-state index is -3.43. The summed E-state index contributed by atoms with van der Waals surface area (Å²) < 4.78 is 28.0. The molecule has 2 rings (SSSR count). The van der Waals surface area contributed by atoms with Gasteiger partial charge in [-0.25, -0.2) is 17.8 Å². The first kappa shape index (κ1) is 23.4. The fraction of sp³-hybridized carbons (Fsp3) is 0.500. The van der Waals surface area contributed by atoms with Gasteiger partial charge in [0.25, 0.3) is 0 Å². The number of aromatic nitrogens is 2. The topological polar surface area (TPSA) is 93.1 Å². The third kappa shape index (κ3) is 7.49. The predicted molar refractivity (Wildman–Crippen MR) is 119 cm³/mol. The third-order valence-corrected chi connectivity index (χ3v) is 6.62.